The second-order valence-electron chi connectivity index (χ2n) is 9.87. The van der Waals surface area contributed by atoms with Crippen molar-refractivity contribution in [2.45, 2.75) is 57.1 Å². The molecule has 0 aromatic heterocycles. The molecule has 208 valence electrons. The van der Waals surface area contributed by atoms with E-state index in [1.54, 1.807) is 20.8 Å². The largest absolute Gasteiger partial charge is 0.444 e. The Bertz CT molecular complexity index is 1180. The summed E-state index contributed by atoms with van der Waals surface area (Å²) in [6.07, 6.45) is -10.8. The lowest BCUT2D eigenvalue weighted by Crippen LogP contribution is -2.52. The van der Waals surface area contributed by atoms with Gasteiger partial charge in [-0.15, -0.1) is 0 Å². The molecule has 2 atom stereocenters. The zero-order chi connectivity index (χ0) is 28.6. The average molecular weight is 569 g/mol. The van der Waals surface area contributed by atoms with Gasteiger partial charge in [-0.1, -0.05) is 17.7 Å². The van der Waals surface area contributed by atoms with Gasteiger partial charge in [0.2, 0.25) is 0 Å². The number of rotatable bonds is 3. The molecule has 3 rings (SSSR count). The van der Waals surface area contributed by atoms with E-state index < -0.39 is 64.4 Å². The van der Waals surface area contributed by atoms with Crippen molar-refractivity contribution in [3.8, 4) is 0 Å². The average Bonchev–Trinajstić information content (AvgIpc) is 2.78. The minimum atomic E-state index is -5.12. The molecule has 38 heavy (non-hydrogen) atoms. The Morgan fingerprint density at radius 1 is 0.974 bits per heavy atom. The summed E-state index contributed by atoms with van der Waals surface area (Å²) in [5.41, 5.74) is -4.50. The number of nitrogens with zero attached hydrogens (tertiary/aromatic N) is 1. The van der Waals surface area contributed by atoms with Crippen molar-refractivity contribution in [2.75, 3.05) is 13.1 Å². The van der Waals surface area contributed by atoms with E-state index in [2.05, 4.69) is 5.32 Å². The molecule has 0 unspecified atom stereocenters. The van der Waals surface area contributed by atoms with Crippen LogP contribution >= 0.6 is 11.6 Å². The third-order valence-corrected chi connectivity index (χ3v) is 6.09. The van der Waals surface area contributed by atoms with Crippen molar-refractivity contribution < 1.29 is 45.1 Å². The summed E-state index contributed by atoms with van der Waals surface area (Å²) >= 11 is 5.91. The van der Waals surface area contributed by atoms with Crippen LogP contribution in [-0.4, -0.2) is 41.6 Å². The quantitative estimate of drug-likeness (QED) is 0.404. The van der Waals surface area contributed by atoms with E-state index in [1.165, 1.54) is 17.0 Å². The van der Waals surface area contributed by atoms with Crippen molar-refractivity contribution >= 4 is 23.6 Å². The molecule has 1 fully saturated rings. The van der Waals surface area contributed by atoms with Gasteiger partial charge in [-0.05, 0) is 63.1 Å². The number of carbonyl (C=O) groups excluding carboxylic acids is 2. The van der Waals surface area contributed by atoms with E-state index in [-0.39, 0.29) is 30.6 Å². The van der Waals surface area contributed by atoms with Crippen LogP contribution in [0.1, 0.15) is 60.2 Å². The molecule has 13 heteroatoms. The molecule has 1 saturated heterocycles. The number of halogens is 8. The molecular formula is C25H24ClF7N2O3. The van der Waals surface area contributed by atoms with Crippen LogP contribution in [0.4, 0.5) is 35.5 Å². The Labute approximate surface area is 218 Å². The number of alkyl halides is 6. The number of amides is 2. The molecule has 0 aliphatic carbocycles. The summed E-state index contributed by atoms with van der Waals surface area (Å²) in [5, 5.41) is 2.25. The topological polar surface area (TPSA) is 58.6 Å². The van der Waals surface area contributed by atoms with Crippen LogP contribution in [0.3, 0.4) is 0 Å². The Balaban J connectivity index is 1.94. The fourth-order valence-electron chi connectivity index (χ4n) is 4.04. The number of nitrogens with one attached hydrogen (secondary N) is 1. The lowest BCUT2D eigenvalue weighted by atomic mass is 9.85. The van der Waals surface area contributed by atoms with Gasteiger partial charge in [-0.3, -0.25) is 4.79 Å². The van der Waals surface area contributed by atoms with E-state index in [0.29, 0.717) is 17.7 Å². The fourth-order valence-corrected chi connectivity index (χ4v) is 4.22. The first kappa shape index (κ1) is 29.5. The van der Waals surface area contributed by atoms with E-state index in [1.807, 2.05) is 0 Å². The predicted molar refractivity (Wildman–Crippen MR) is 124 cm³/mol. The van der Waals surface area contributed by atoms with Gasteiger partial charge in [-0.25, -0.2) is 9.18 Å². The summed E-state index contributed by atoms with van der Waals surface area (Å²) in [6, 6.07) is 3.49. The predicted octanol–water partition coefficient (Wildman–Crippen LogP) is 7.04. The molecule has 1 N–H and O–H groups in total. The van der Waals surface area contributed by atoms with Gasteiger partial charge < -0.3 is 15.0 Å². The smallest absolute Gasteiger partial charge is 0.416 e. The normalized spacial score (nSPS) is 18.8. The summed E-state index contributed by atoms with van der Waals surface area (Å²) in [6.45, 7) is 5.03. The van der Waals surface area contributed by atoms with E-state index in [4.69, 9.17) is 16.3 Å². The number of hydrogen-bond donors (Lipinski definition) is 1. The number of hydrogen-bond acceptors (Lipinski definition) is 3. The van der Waals surface area contributed by atoms with Crippen LogP contribution in [0.2, 0.25) is 5.02 Å². The maximum atomic E-state index is 13.8. The zero-order valence-corrected chi connectivity index (χ0v) is 21.2. The molecule has 0 saturated carbocycles. The second kappa shape index (κ2) is 10.6. The van der Waals surface area contributed by atoms with E-state index in [0.717, 1.165) is 6.07 Å². The first-order valence-corrected chi connectivity index (χ1v) is 11.8. The maximum absolute atomic E-state index is 13.8. The van der Waals surface area contributed by atoms with Gasteiger partial charge in [0.1, 0.15) is 11.4 Å². The molecule has 1 aliphatic rings. The molecular weight excluding hydrogens is 545 g/mol. The minimum Gasteiger partial charge on any atom is -0.444 e. The number of benzene rings is 2. The van der Waals surface area contributed by atoms with Crippen LogP contribution in [0.15, 0.2) is 36.4 Å². The van der Waals surface area contributed by atoms with Crippen LogP contribution in [0, 0.1) is 5.82 Å². The van der Waals surface area contributed by atoms with Crippen LogP contribution in [-0.2, 0) is 17.1 Å². The molecule has 0 radical (unpaired) electrons. The van der Waals surface area contributed by atoms with E-state index in [9.17, 15) is 40.3 Å². The third kappa shape index (κ3) is 7.30. The molecule has 2 aromatic carbocycles. The highest BCUT2D eigenvalue weighted by atomic mass is 35.5. The number of likely N-dealkylation sites (tertiary alicyclic amines) is 1. The van der Waals surface area contributed by atoms with Crippen LogP contribution in [0.5, 0.6) is 0 Å². The third-order valence-electron chi connectivity index (χ3n) is 5.80. The summed E-state index contributed by atoms with van der Waals surface area (Å²) < 4.78 is 98.7. The van der Waals surface area contributed by atoms with Crippen LogP contribution < -0.4 is 5.32 Å². The molecule has 5 nitrogen and oxygen atoms in total. The maximum Gasteiger partial charge on any atom is 0.416 e. The van der Waals surface area contributed by atoms with E-state index >= 15 is 0 Å². The van der Waals surface area contributed by atoms with Gasteiger partial charge in [-0.2, -0.15) is 26.3 Å². The molecule has 2 amide bonds. The van der Waals surface area contributed by atoms with Crippen molar-refractivity contribution in [1.82, 2.24) is 10.2 Å². The molecule has 0 bridgehead atoms. The standard InChI is InChI=1S/C25H24ClF7N2O3/c1-23(2,3)38-22(37)35-7-6-20(17(12-35)13-4-5-19(27)18(26)10-13)34-21(36)14-8-15(24(28,29)30)11-16(9-14)25(31,32)33/h4-5,8-11,17,20H,6-7,12H2,1-3H3,(H,34,36)/t17-,20+/m0/s1. The highest BCUT2D eigenvalue weighted by molar-refractivity contribution is 6.30. The summed E-state index contributed by atoms with van der Waals surface area (Å²) in [7, 11) is 0. The number of ether oxygens (including phenoxy) is 1. The Morgan fingerprint density at radius 2 is 1.55 bits per heavy atom. The van der Waals surface area contributed by atoms with Gasteiger partial charge in [0.15, 0.2) is 0 Å². The van der Waals surface area contributed by atoms with Crippen molar-refractivity contribution in [3.63, 3.8) is 0 Å². The Kier molecular flexibility index (Phi) is 8.26. The highest BCUT2D eigenvalue weighted by Crippen LogP contribution is 2.37. The summed E-state index contributed by atoms with van der Waals surface area (Å²) in [5.74, 6) is -2.62. The first-order valence-electron chi connectivity index (χ1n) is 11.4. The lowest BCUT2D eigenvalue weighted by Gasteiger charge is -2.39. The Hall–Kier alpha value is -3.02. The first-order chi connectivity index (χ1) is 17.3. The zero-order valence-electron chi connectivity index (χ0n) is 20.4. The van der Waals surface area contributed by atoms with Gasteiger partial charge in [0.05, 0.1) is 16.1 Å². The molecule has 2 aromatic rings. The number of piperidine rings is 1. The SMILES string of the molecule is CC(C)(C)OC(=O)N1CC[C@@H](NC(=O)c2cc(C(F)(F)F)cc(C(F)(F)F)c2)[C@H](c2ccc(F)c(Cl)c2)C1. The monoisotopic (exact) mass is 568 g/mol. The molecule has 0 spiro atoms. The lowest BCUT2D eigenvalue weighted by molar-refractivity contribution is -0.143. The Morgan fingerprint density at radius 3 is 2.05 bits per heavy atom. The van der Waals surface area contributed by atoms with Crippen molar-refractivity contribution in [1.29, 1.82) is 0 Å². The van der Waals surface area contributed by atoms with Gasteiger partial charge in [0, 0.05) is 30.6 Å². The van der Waals surface area contributed by atoms with Crippen LogP contribution in [0.25, 0.3) is 0 Å². The fraction of sp³-hybridized carbons (Fsp3) is 0.440. The minimum absolute atomic E-state index is 0.0434. The van der Waals surface area contributed by atoms with Crippen molar-refractivity contribution in [3.05, 3.63) is 69.5 Å². The second-order valence-corrected chi connectivity index (χ2v) is 10.3. The number of carbonyl (C=O) groups is 2. The highest BCUT2D eigenvalue weighted by Gasteiger charge is 2.39. The molecule has 1 heterocycles. The van der Waals surface area contributed by atoms with Gasteiger partial charge >= 0.3 is 18.4 Å². The van der Waals surface area contributed by atoms with Gasteiger partial charge in [0.25, 0.3) is 5.91 Å². The molecule has 1 aliphatic heterocycles. The summed E-state index contributed by atoms with van der Waals surface area (Å²) in [4.78, 5) is 26.9. The van der Waals surface area contributed by atoms with Crippen molar-refractivity contribution in [2.24, 2.45) is 0 Å².